The molecule has 0 saturated heterocycles. The average molecular weight is 483 g/mol. The van der Waals surface area contributed by atoms with Gasteiger partial charge in [-0.2, -0.15) is 0 Å². The summed E-state index contributed by atoms with van der Waals surface area (Å²) in [5.41, 5.74) is 0.264. The lowest BCUT2D eigenvalue weighted by Gasteiger charge is -2.31. The van der Waals surface area contributed by atoms with Crippen LogP contribution in [-0.2, 0) is 26.1 Å². The van der Waals surface area contributed by atoms with Crippen molar-refractivity contribution in [1.82, 2.24) is 10.0 Å². The summed E-state index contributed by atoms with van der Waals surface area (Å²) in [6, 6.07) is 8.18. The minimum atomic E-state index is -3.99. The van der Waals surface area contributed by atoms with E-state index in [1.165, 1.54) is 31.4 Å². The Labute approximate surface area is 190 Å². The minimum Gasteiger partial charge on any atom is -0.495 e. The zero-order valence-corrected chi connectivity index (χ0v) is 18.5. The molecule has 0 radical (unpaired) electrons. The van der Waals surface area contributed by atoms with Crippen LogP contribution in [0.1, 0.15) is 12.0 Å². The molecule has 8 nitrogen and oxygen atoms in total. The van der Waals surface area contributed by atoms with Gasteiger partial charge in [-0.25, -0.2) is 21.9 Å². The molecule has 2 aromatic carbocycles. The summed E-state index contributed by atoms with van der Waals surface area (Å²) in [4.78, 5) is 12.2. The number of hydrogen-bond acceptors (Lipinski definition) is 6. The van der Waals surface area contributed by atoms with Crippen LogP contribution in [0.5, 0.6) is 5.75 Å². The van der Waals surface area contributed by atoms with Gasteiger partial charge in [0, 0.05) is 12.6 Å². The maximum Gasteiger partial charge on any atom is 0.244 e. The number of ether oxygens (including phenoxy) is 2. The molecule has 0 bridgehead atoms. The fourth-order valence-electron chi connectivity index (χ4n) is 3.36. The molecule has 0 saturated carbocycles. The lowest BCUT2D eigenvalue weighted by atomic mass is 10.1. The monoisotopic (exact) mass is 482 g/mol. The van der Waals surface area contributed by atoms with Gasteiger partial charge in [0.25, 0.3) is 0 Å². The molecule has 3 N–H and O–H groups in total. The van der Waals surface area contributed by atoms with E-state index in [1.54, 1.807) is 12.1 Å². The van der Waals surface area contributed by atoms with E-state index in [0.29, 0.717) is 0 Å². The van der Waals surface area contributed by atoms with Crippen molar-refractivity contribution < 1.29 is 36.6 Å². The number of aliphatic hydroxyl groups excluding tert-OH is 1. The van der Waals surface area contributed by atoms with Crippen LogP contribution in [0.3, 0.4) is 0 Å². The van der Waals surface area contributed by atoms with Gasteiger partial charge in [-0.1, -0.05) is 24.3 Å². The van der Waals surface area contributed by atoms with Crippen molar-refractivity contribution in [3.63, 3.8) is 0 Å². The summed E-state index contributed by atoms with van der Waals surface area (Å²) in [5, 5.41) is 12.2. The standard InChI is InChI=1S/C22H24F2N2O6S/c1-31-19-4-2-3-5-21(19)33(29,30)26-18-7-6-17(32-20(18)13-27)11-22(28)25-12-14-8-15(23)10-16(24)9-14/h2-10,17-18,20,26-27H,11-13H2,1H3,(H,25,28)/t17-,18+,20-/m0/s1. The van der Waals surface area contributed by atoms with Crippen molar-refractivity contribution in [2.24, 2.45) is 0 Å². The predicted molar refractivity (Wildman–Crippen MR) is 115 cm³/mol. The number of methoxy groups -OCH3 is 1. The van der Waals surface area contributed by atoms with Crippen LogP contribution in [0.15, 0.2) is 59.5 Å². The first-order valence-electron chi connectivity index (χ1n) is 10.0. The molecule has 1 aliphatic heterocycles. The van der Waals surface area contributed by atoms with E-state index in [9.17, 15) is 27.1 Å². The number of rotatable bonds is 9. The van der Waals surface area contributed by atoms with Crippen molar-refractivity contribution in [3.05, 3.63) is 71.8 Å². The molecule has 0 aromatic heterocycles. The van der Waals surface area contributed by atoms with Gasteiger partial charge in [0.1, 0.15) is 28.4 Å². The number of halogens is 2. The molecule has 11 heteroatoms. The second-order valence-corrected chi connectivity index (χ2v) is 9.02. The zero-order chi connectivity index (χ0) is 24.0. The Bertz CT molecular complexity index is 1110. The highest BCUT2D eigenvalue weighted by Gasteiger charge is 2.32. The van der Waals surface area contributed by atoms with E-state index in [2.05, 4.69) is 10.0 Å². The number of para-hydroxylation sites is 1. The first-order valence-corrected chi connectivity index (χ1v) is 11.5. The maximum atomic E-state index is 13.3. The molecular weight excluding hydrogens is 458 g/mol. The average Bonchev–Trinajstić information content (AvgIpc) is 2.78. The SMILES string of the molecule is COc1ccccc1S(=O)(=O)N[C@@H]1C=C[C@@H](CC(=O)NCc2cc(F)cc(F)c2)O[C@H]1CO. The maximum absolute atomic E-state index is 13.3. The number of benzene rings is 2. The molecule has 3 rings (SSSR count). The largest absolute Gasteiger partial charge is 0.495 e. The van der Waals surface area contributed by atoms with Crippen LogP contribution in [-0.4, -0.2) is 51.4 Å². The van der Waals surface area contributed by atoms with E-state index in [4.69, 9.17) is 9.47 Å². The van der Waals surface area contributed by atoms with Crippen LogP contribution < -0.4 is 14.8 Å². The summed E-state index contributed by atoms with van der Waals surface area (Å²) in [7, 11) is -2.63. The molecule has 2 aromatic rings. The fourth-order valence-corrected chi connectivity index (χ4v) is 4.75. The van der Waals surface area contributed by atoms with Crippen molar-refractivity contribution in [2.45, 2.75) is 36.1 Å². The molecule has 1 aliphatic rings. The smallest absolute Gasteiger partial charge is 0.244 e. The summed E-state index contributed by atoms with van der Waals surface area (Å²) >= 11 is 0. The number of aliphatic hydroxyl groups is 1. The van der Waals surface area contributed by atoms with Gasteiger partial charge in [0.2, 0.25) is 15.9 Å². The Hall–Kier alpha value is -2.86. The van der Waals surface area contributed by atoms with Crippen LogP contribution in [0, 0.1) is 11.6 Å². The summed E-state index contributed by atoms with van der Waals surface area (Å²) in [5.74, 6) is -1.77. The molecule has 1 amide bonds. The molecule has 0 aliphatic carbocycles. The van der Waals surface area contributed by atoms with Gasteiger partial charge in [-0.3, -0.25) is 4.79 Å². The highest BCUT2D eigenvalue weighted by Crippen LogP contribution is 2.24. The van der Waals surface area contributed by atoms with Crippen LogP contribution in [0.25, 0.3) is 0 Å². The minimum absolute atomic E-state index is 0.0622. The quantitative estimate of drug-likeness (QED) is 0.469. The van der Waals surface area contributed by atoms with E-state index >= 15 is 0 Å². The zero-order valence-electron chi connectivity index (χ0n) is 17.7. The lowest BCUT2D eigenvalue weighted by Crippen LogP contribution is -2.49. The number of carbonyl (C=O) groups is 1. The topological polar surface area (TPSA) is 114 Å². The Kier molecular flexibility index (Phi) is 8.14. The normalized spacial score (nSPS) is 20.4. The predicted octanol–water partition coefficient (Wildman–Crippen LogP) is 1.64. The van der Waals surface area contributed by atoms with Gasteiger partial charge in [-0.15, -0.1) is 0 Å². The van der Waals surface area contributed by atoms with E-state index in [-0.39, 0.29) is 29.2 Å². The lowest BCUT2D eigenvalue weighted by molar-refractivity contribution is -0.125. The Morgan fingerprint density at radius 3 is 2.52 bits per heavy atom. The summed E-state index contributed by atoms with van der Waals surface area (Å²) in [6.45, 7) is -0.571. The van der Waals surface area contributed by atoms with Gasteiger partial charge < -0.3 is 19.9 Å². The van der Waals surface area contributed by atoms with Gasteiger partial charge in [0.15, 0.2) is 0 Å². The number of carbonyl (C=O) groups excluding carboxylic acids is 1. The second-order valence-electron chi connectivity index (χ2n) is 7.34. The molecule has 1 heterocycles. The van der Waals surface area contributed by atoms with Crippen LogP contribution in [0.2, 0.25) is 0 Å². The summed E-state index contributed by atoms with van der Waals surface area (Å²) in [6.07, 6.45) is 1.24. The molecule has 0 spiro atoms. The Morgan fingerprint density at radius 1 is 1.15 bits per heavy atom. The Balaban J connectivity index is 1.61. The van der Waals surface area contributed by atoms with Gasteiger partial charge in [-0.05, 0) is 29.8 Å². The highest BCUT2D eigenvalue weighted by molar-refractivity contribution is 7.89. The number of hydrogen-bond donors (Lipinski definition) is 3. The van der Waals surface area contributed by atoms with Crippen LogP contribution in [0.4, 0.5) is 8.78 Å². The molecule has 3 atom stereocenters. The molecular formula is C22H24F2N2O6S. The first kappa shape index (κ1) is 24.8. The molecule has 178 valence electrons. The van der Waals surface area contributed by atoms with E-state index < -0.39 is 52.4 Å². The molecule has 0 fully saturated rings. The van der Waals surface area contributed by atoms with Crippen LogP contribution >= 0.6 is 0 Å². The third kappa shape index (κ3) is 6.57. The van der Waals surface area contributed by atoms with Gasteiger partial charge in [0.05, 0.1) is 32.3 Å². The van der Waals surface area contributed by atoms with Crippen molar-refractivity contribution in [3.8, 4) is 5.75 Å². The third-order valence-corrected chi connectivity index (χ3v) is 6.41. The van der Waals surface area contributed by atoms with Gasteiger partial charge >= 0.3 is 0 Å². The van der Waals surface area contributed by atoms with Crippen molar-refractivity contribution in [2.75, 3.05) is 13.7 Å². The van der Waals surface area contributed by atoms with Crippen molar-refractivity contribution >= 4 is 15.9 Å². The van der Waals surface area contributed by atoms with E-state index in [0.717, 1.165) is 18.2 Å². The molecule has 0 unspecified atom stereocenters. The fraction of sp³-hybridized carbons (Fsp3) is 0.318. The number of sulfonamides is 1. The number of amides is 1. The first-order chi connectivity index (χ1) is 15.7. The number of nitrogens with one attached hydrogen (secondary N) is 2. The third-order valence-electron chi connectivity index (χ3n) is 4.91. The summed E-state index contributed by atoms with van der Waals surface area (Å²) < 4.78 is 65.3. The van der Waals surface area contributed by atoms with E-state index in [1.807, 2.05) is 0 Å². The van der Waals surface area contributed by atoms with Crippen molar-refractivity contribution in [1.29, 1.82) is 0 Å². The second kappa shape index (κ2) is 10.8. The molecule has 33 heavy (non-hydrogen) atoms. The Morgan fingerprint density at radius 2 is 1.85 bits per heavy atom. The highest BCUT2D eigenvalue weighted by atomic mass is 32.2.